The normalized spacial score (nSPS) is 13.1. The molecule has 0 unspecified atom stereocenters. The number of ether oxygens (including phenoxy) is 1. The van der Waals surface area contributed by atoms with E-state index in [1.807, 2.05) is 0 Å². The van der Waals surface area contributed by atoms with E-state index in [9.17, 15) is 17.6 Å². The van der Waals surface area contributed by atoms with E-state index >= 15 is 0 Å². The van der Waals surface area contributed by atoms with Gasteiger partial charge < -0.3 is 15.6 Å². The van der Waals surface area contributed by atoms with Crippen LogP contribution in [0.1, 0.15) is 11.6 Å². The SMILES string of the molecule is Cl.N[C@@H](CO)c1ccccc1OC(F)(F)C(F)F. The summed E-state index contributed by atoms with van der Waals surface area (Å²) in [5.74, 6) is -0.473. The number of rotatable bonds is 5. The molecule has 0 aliphatic heterocycles. The fourth-order valence-electron chi connectivity index (χ4n) is 1.17. The van der Waals surface area contributed by atoms with E-state index in [0.29, 0.717) is 0 Å². The number of hydrogen-bond acceptors (Lipinski definition) is 3. The summed E-state index contributed by atoms with van der Waals surface area (Å²) in [6.07, 6.45) is -8.54. The van der Waals surface area contributed by atoms with Crippen molar-refractivity contribution in [2.45, 2.75) is 18.6 Å². The highest BCUT2D eigenvalue weighted by atomic mass is 35.5. The van der Waals surface area contributed by atoms with Crippen molar-refractivity contribution < 1.29 is 27.4 Å². The van der Waals surface area contributed by atoms with Gasteiger partial charge in [0.25, 0.3) is 0 Å². The Labute approximate surface area is 107 Å². The van der Waals surface area contributed by atoms with Gasteiger partial charge in [-0.25, -0.2) is 0 Å². The van der Waals surface area contributed by atoms with E-state index in [2.05, 4.69) is 4.74 Å². The lowest BCUT2D eigenvalue weighted by molar-refractivity contribution is -0.253. The molecular weight excluding hydrogens is 278 g/mol. The van der Waals surface area contributed by atoms with Crippen LogP contribution in [0.15, 0.2) is 24.3 Å². The Morgan fingerprint density at radius 1 is 1.28 bits per heavy atom. The molecule has 104 valence electrons. The average Bonchev–Trinajstić information content (AvgIpc) is 2.28. The summed E-state index contributed by atoms with van der Waals surface area (Å²) in [5, 5.41) is 8.80. The van der Waals surface area contributed by atoms with Gasteiger partial charge in [0.05, 0.1) is 12.6 Å². The Morgan fingerprint density at radius 3 is 2.33 bits per heavy atom. The number of hydrogen-bond donors (Lipinski definition) is 2. The lowest BCUT2D eigenvalue weighted by Crippen LogP contribution is -2.34. The minimum Gasteiger partial charge on any atom is -0.428 e. The van der Waals surface area contributed by atoms with Crippen LogP contribution in [-0.2, 0) is 0 Å². The summed E-state index contributed by atoms with van der Waals surface area (Å²) < 4.78 is 53.3. The number of para-hydroxylation sites is 1. The molecule has 1 atom stereocenters. The van der Waals surface area contributed by atoms with E-state index < -0.39 is 30.9 Å². The molecular formula is C10H12ClF4NO2. The molecule has 0 saturated carbocycles. The number of halogens is 5. The van der Waals surface area contributed by atoms with Gasteiger partial charge in [0, 0.05) is 5.56 Å². The molecule has 3 nitrogen and oxygen atoms in total. The zero-order valence-corrected chi connectivity index (χ0v) is 9.84. The monoisotopic (exact) mass is 289 g/mol. The van der Waals surface area contributed by atoms with Crippen molar-refractivity contribution in [1.82, 2.24) is 0 Å². The molecule has 0 amide bonds. The van der Waals surface area contributed by atoms with E-state index in [4.69, 9.17) is 10.8 Å². The molecule has 0 heterocycles. The van der Waals surface area contributed by atoms with Gasteiger partial charge >= 0.3 is 12.5 Å². The molecule has 1 aromatic carbocycles. The lowest BCUT2D eigenvalue weighted by atomic mass is 10.1. The molecule has 0 aliphatic rings. The molecule has 0 fully saturated rings. The predicted octanol–water partition coefficient (Wildman–Crippen LogP) is 2.34. The van der Waals surface area contributed by atoms with Crippen molar-refractivity contribution in [3.05, 3.63) is 29.8 Å². The third-order valence-corrected chi connectivity index (χ3v) is 2.02. The second-order valence-corrected chi connectivity index (χ2v) is 3.29. The van der Waals surface area contributed by atoms with Gasteiger partial charge in [-0.1, -0.05) is 18.2 Å². The van der Waals surface area contributed by atoms with Gasteiger partial charge in [-0.2, -0.15) is 17.6 Å². The number of aliphatic hydroxyl groups is 1. The summed E-state index contributed by atoms with van der Waals surface area (Å²) in [5.41, 5.74) is 5.46. The zero-order valence-electron chi connectivity index (χ0n) is 9.02. The summed E-state index contributed by atoms with van der Waals surface area (Å²) in [6, 6.07) is 4.24. The van der Waals surface area contributed by atoms with Gasteiger partial charge in [-0.15, -0.1) is 12.4 Å². The molecule has 0 spiro atoms. The molecule has 1 aromatic rings. The first-order chi connectivity index (χ1) is 7.88. The number of alkyl halides is 4. The molecule has 18 heavy (non-hydrogen) atoms. The highest BCUT2D eigenvalue weighted by Gasteiger charge is 2.44. The Hall–Kier alpha value is -1.05. The first-order valence-corrected chi connectivity index (χ1v) is 4.69. The number of nitrogens with two attached hydrogens (primary N) is 1. The van der Waals surface area contributed by atoms with Gasteiger partial charge in [0.1, 0.15) is 5.75 Å². The van der Waals surface area contributed by atoms with Crippen LogP contribution in [0.3, 0.4) is 0 Å². The van der Waals surface area contributed by atoms with E-state index in [0.717, 1.165) is 6.07 Å². The topological polar surface area (TPSA) is 55.5 Å². The van der Waals surface area contributed by atoms with Crippen molar-refractivity contribution in [2.75, 3.05) is 6.61 Å². The van der Waals surface area contributed by atoms with Crippen molar-refractivity contribution in [3.63, 3.8) is 0 Å². The van der Waals surface area contributed by atoms with Crippen molar-refractivity contribution in [2.24, 2.45) is 5.73 Å². The van der Waals surface area contributed by atoms with E-state index in [-0.39, 0.29) is 18.0 Å². The highest BCUT2D eigenvalue weighted by Crippen LogP contribution is 2.31. The van der Waals surface area contributed by atoms with Crippen LogP contribution in [0.25, 0.3) is 0 Å². The largest absolute Gasteiger partial charge is 0.461 e. The third-order valence-electron chi connectivity index (χ3n) is 2.02. The van der Waals surface area contributed by atoms with E-state index in [1.54, 1.807) is 0 Å². The average molecular weight is 290 g/mol. The van der Waals surface area contributed by atoms with Crippen LogP contribution in [0.4, 0.5) is 17.6 Å². The summed E-state index contributed by atoms with van der Waals surface area (Å²) in [4.78, 5) is 0. The number of benzene rings is 1. The van der Waals surface area contributed by atoms with Crippen LogP contribution in [0, 0.1) is 0 Å². The third kappa shape index (κ3) is 4.01. The Balaban J connectivity index is 0.00000289. The quantitative estimate of drug-likeness (QED) is 0.818. The predicted molar refractivity (Wildman–Crippen MR) is 59.3 cm³/mol. The van der Waals surface area contributed by atoms with Crippen molar-refractivity contribution in [3.8, 4) is 5.75 Å². The molecule has 1 rings (SSSR count). The van der Waals surface area contributed by atoms with Crippen molar-refractivity contribution in [1.29, 1.82) is 0 Å². The maximum absolute atomic E-state index is 12.7. The Kier molecular flexibility index (Phi) is 6.37. The Morgan fingerprint density at radius 2 is 1.83 bits per heavy atom. The standard InChI is InChI=1S/C10H11F4NO2.ClH/c11-9(12)10(13,14)17-8-4-2-1-3-6(8)7(15)5-16;/h1-4,7,9,16H,5,15H2;1H/t7-;/m0./s1. The maximum Gasteiger partial charge on any atom is 0.461 e. The van der Waals surface area contributed by atoms with Gasteiger partial charge in [-0.3, -0.25) is 0 Å². The van der Waals surface area contributed by atoms with Gasteiger partial charge in [-0.05, 0) is 6.07 Å². The summed E-state index contributed by atoms with van der Waals surface area (Å²) in [7, 11) is 0. The van der Waals surface area contributed by atoms with Gasteiger partial charge in [0.2, 0.25) is 0 Å². The minimum absolute atomic E-state index is 0. The minimum atomic E-state index is -4.59. The second-order valence-electron chi connectivity index (χ2n) is 3.29. The first-order valence-electron chi connectivity index (χ1n) is 4.69. The van der Waals surface area contributed by atoms with Crippen molar-refractivity contribution >= 4 is 12.4 Å². The molecule has 3 N–H and O–H groups in total. The number of aliphatic hydroxyl groups excluding tert-OH is 1. The summed E-state index contributed by atoms with van der Waals surface area (Å²) in [6.45, 7) is -0.513. The Bertz CT molecular complexity index is 379. The molecule has 0 aliphatic carbocycles. The van der Waals surface area contributed by atoms with Gasteiger partial charge in [0.15, 0.2) is 0 Å². The van der Waals surface area contributed by atoms with Crippen LogP contribution >= 0.6 is 12.4 Å². The smallest absolute Gasteiger partial charge is 0.428 e. The van der Waals surface area contributed by atoms with Crippen LogP contribution in [0.5, 0.6) is 5.75 Å². The second kappa shape index (κ2) is 6.77. The van der Waals surface area contributed by atoms with E-state index in [1.165, 1.54) is 18.2 Å². The van der Waals surface area contributed by atoms with Crippen LogP contribution in [0.2, 0.25) is 0 Å². The van der Waals surface area contributed by atoms with Crippen LogP contribution < -0.4 is 10.5 Å². The fourth-order valence-corrected chi connectivity index (χ4v) is 1.17. The zero-order chi connectivity index (χ0) is 13.1. The first kappa shape index (κ1) is 16.9. The molecule has 0 aromatic heterocycles. The molecule has 0 radical (unpaired) electrons. The maximum atomic E-state index is 12.7. The molecule has 0 bridgehead atoms. The molecule has 0 saturated heterocycles. The fraction of sp³-hybridized carbons (Fsp3) is 0.400. The summed E-state index contributed by atoms with van der Waals surface area (Å²) >= 11 is 0. The highest BCUT2D eigenvalue weighted by molar-refractivity contribution is 5.85. The molecule has 8 heteroatoms. The lowest BCUT2D eigenvalue weighted by Gasteiger charge is -2.20. The van der Waals surface area contributed by atoms with Crippen LogP contribution in [-0.4, -0.2) is 24.2 Å².